The Morgan fingerprint density at radius 3 is 2.70 bits per heavy atom. The SMILES string of the molecule is Cc1ccc(-n2cc(C(=O)N(CCCCO)C3CC3)nn2)cc1. The lowest BCUT2D eigenvalue weighted by molar-refractivity contribution is 0.0731. The minimum absolute atomic E-state index is 0.0659. The molecule has 0 aliphatic heterocycles. The van der Waals surface area contributed by atoms with E-state index in [1.807, 2.05) is 36.1 Å². The van der Waals surface area contributed by atoms with E-state index in [2.05, 4.69) is 10.3 Å². The van der Waals surface area contributed by atoms with Gasteiger partial charge in [-0.05, 0) is 44.7 Å². The highest BCUT2D eigenvalue weighted by Gasteiger charge is 2.33. The molecule has 1 N–H and O–H groups in total. The van der Waals surface area contributed by atoms with E-state index in [9.17, 15) is 4.79 Å². The van der Waals surface area contributed by atoms with Crippen molar-refractivity contribution >= 4 is 5.91 Å². The van der Waals surface area contributed by atoms with Gasteiger partial charge in [-0.15, -0.1) is 5.10 Å². The maximum atomic E-state index is 12.7. The van der Waals surface area contributed by atoms with Crippen LogP contribution < -0.4 is 0 Å². The molecule has 6 nitrogen and oxygen atoms in total. The van der Waals surface area contributed by atoms with Crippen molar-refractivity contribution in [3.8, 4) is 5.69 Å². The summed E-state index contributed by atoms with van der Waals surface area (Å²) in [5.74, 6) is -0.0659. The number of unbranched alkanes of at least 4 members (excludes halogenated alkanes) is 1. The molecule has 0 atom stereocenters. The van der Waals surface area contributed by atoms with Gasteiger partial charge in [-0.2, -0.15) is 0 Å². The predicted octanol–water partition coefficient (Wildman–Crippen LogP) is 1.95. The van der Waals surface area contributed by atoms with Crippen LogP contribution >= 0.6 is 0 Å². The third-order valence-electron chi connectivity index (χ3n) is 4.07. The summed E-state index contributed by atoms with van der Waals surface area (Å²) in [6, 6.07) is 8.25. The Bertz CT molecular complexity index is 661. The number of aromatic nitrogens is 3. The highest BCUT2D eigenvalue weighted by Crippen LogP contribution is 2.28. The predicted molar refractivity (Wildman–Crippen MR) is 86.5 cm³/mol. The summed E-state index contributed by atoms with van der Waals surface area (Å²) in [5.41, 5.74) is 2.44. The van der Waals surface area contributed by atoms with Gasteiger partial charge in [-0.3, -0.25) is 4.79 Å². The molecule has 1 saturated carbocycles. The van der Waals surface area contributed by atoms with E-state index < -0.39 is 0 Å². The lowest BCUT2D eigenvalue weighted by atomic mass is 10.2. The first-order chi connectivity index (χ1) is 11.2. The molecule has 6 heteroatoms. The van der Waals surface area contributed by atoms with Crippen molar-refractivity contribution in [3.05, 3.63) is 41.7 Å². The van der Waals surface area contributed by atoms with Crippen molar-refractivity contribution < 1.29 is 9.90 Å². The second-order valence-electron chi connectivity index (χ2n) is 6.04. The van der Waals surface area contributed by atoms with Gasteiger partial charge in [0.1, 0.15) is 0 Å². The summed E-state index contributed by atoms with van der Waals surface area (Å²) < 4.78 is 1.63. The van der Waals surface area contributed by atoms with Crippen LogP contribution in [0.5, 0.6) is 0 Å². The van der Waals surface area contributed by atoms with Gasteiger partial charge in [0.15, 0.2) is 5.69 Å². The van der Waals surface area contributed by atoms with Crippen LogP contribution in [0.15, 0.2) is 30.5 Å². The van der Waals surface area contributed by atoms with Crippen molar-refractivity contribution in [1.29, 1.82) is 0 Å². The van der Waals surface area contributed by atoms with Crippen LogP contribution in [-0.4, -0.2) is 50.1 Å². The van der Waals surface area contributed by atoms with Crippen LogP contribution in [0.2, 0.25) is 0 Å². The highest BCUT2D eigenvalue weighted by atomic mass is 16.3. The van der Waals surface area contributed by atoms with Gasteiger partial charge in [-0.25, -0.2) is 4.68 Å². The lowest BCUT2D eigenvalue weighted by Crippen LogP contribution is -2.34. The topological polar surface area (TPSA) is 71.2 Å². The second-order valence-corrected chi connectivity index (χ2v) is 6.04. The maximum absolute atomic E-state index is 12.7. The molecular weight excluding hydrogens is 292 g/mol. The number of carbonyl (C=O) groups excluding carboxylic acids is 1. The Morgan fingerprint density at radius 2 is 2.04 bits per heavy atom. The van der Waals surface area contributed by atoms with E-state index in [0.29, 0.717) is 24.7 Å². The molecule has 0 spiro atoms. The number of aliphatic hydroxyl groups excluding tert-OH is 1. The van der Waals surface area contributed by atoms with Crippen LogP contribution in [-0.2, 0) is 0 Å². The monoisotopic (exact) mass is 314 g/mol. The maximum Gasteiger partial charge on any atom is 0.276 e. The normalized spacial score (nSPS) is 14.0. The minimum Gasteiger partial charge on any atom is -0.396 e. The fraction of sp³-hybridized carbons (Fsp3) is 0.471. The number of benzene rings is 1. The number of carbonyl (C=O) groups is 1. The molecule has 1 fully saturated rings. The smallest absolute Gasteiger partial charge is 0.276 e. The molecule has 1 aromatic heterocycles. The van der Waals surface area contributed by atoms with Crippen molar-refractivity contribution in [2.45, 2.75) is 38.6 Å². The largest absolute Gasteiger partial charge is 0.396 e. The van der Waals surface area contributed by atoms with E-state index in [1.165, 1.54) is 5.56 Å². The van der Waals surface area contributed by atoms with Crippen LogP contribution in [0, 0.1) is 6.92 Å². The number of hydrogen-bond donors (Lipinski definition) is 1. The van der Waals surface area contributed by atoms with Gasteiger partial charge in [0.05, 0.1) is 11.9 Å². The fourth-order valence-electron chi connectivity index (χ4n) is 2.56. The van der Waals surface area contributed by atoms with E-state index >= 15 is 0 Å². The van der Waals surface area contributed by atoms with Crippen molar-refractivity contribution in [2.75, 3.05) is 13.2 Å². The lowest BCUT2D eigenvalue weighted by Gasteiger charge is -2.20. The van der Waals surface area contributed by atoms with E-state index in [0.717, 1.165) is 24.9 Å². The van der Waals surface area contributed by atoms with E-state index in [4.69, 9.17) is 5.11 Å². The molecule has 1 aromatic carbocycles. The Balaban J connectivity index is 1.72. The third-order valence-corrected chi connectivity index (χ3v) is 4.07. The first-order valence-electron chi connectivity index (χ1n) is 8.10. The summed E-state index contributed by atoms with van der Waals surface area (Å²) in [6.07, 6.45) is 5.32. The second kappa shape index (κ2) is 6.91. The Hall–Kier alpha value is -2.21. The first-order valence-corrected chi connectivity index (χ1v) is 8.10. The summed E-state index contributed by atoms with van der Waals surface area (Å²) in [7, 11) is 0. The molecule has 1 amide bonds. The molecule has 2 aromatic rings. The number of amides is 1. The molecule has 1 heterocycles. The number of aryl methyl sites for hydroxylation is 1. The zero-order valence-electron chi connectivity index (χ0n) is 13.4. The third kappa shape index (κ3) is 3.76. The summed E-state index contributed by atoms with van der Waals surface area (Å²) in [5, 5.41) is 17.0. The van der Waals surface area contributed by atoms with Crippen molar-refractivity contribution in [1.82, 2.24) is 19.9 Å². The van der Waals surface area contributed by atoms with Gasteiger partial charge in [0.2, 0.25) is 0 Å². The summed E-state index contributed by atoms with van der Waals surface area (Å²) in [4.78, 5) is 14.5. The molecule has 23 heavy (non-hydrogen) atoms. The van der Waals surface area contributed by atoms with Crippen LogP contribution in [0.1, 0.15) is 41.7 Å². The summed E-state index contributed by atoms with van der Waals surface area (Å²) in [6.45, 7) is 2.86. The average molecular weight is 314 g/mol. The van der Waals surface area contributed by atoms with Crippen molar-refractivity contribution in [3.63, 3.8) is 0 Å². The zero-order chi connectivity index (χ0) is 16.2. The Labute approximate surface area is 135 Å². The first kappa shape index (κ1) is 15.7. The van der Waals surface area contributed by atoms with Crippen molar-refractivity contribution in [2.24, 2.45) is 0 Å². The number of rotatable bonds is 7. The quantitative estimate of drug-likeness (QED) is 0.793. The number of aliphatic hydroxyl groups is 1. The molecule has 0 saturated heterocycles. The van der Waals surface area contributed by atoms with E-state index in [-0.39, 0.29) is 12.5 Å². The van der Waals surface area contributed by atoms with Crippen LogP contribution in [0.4, 0.5) is 0 Å². The molecule has 1 aliphatic rings. The fourth-order valence-corrected chi connectivity index (χ4v) is 2.56. The Kier molecular flexibility index (Phi) is 4.71. The molecule has 0 radical (unpaired) electrons. The van der Waals surface area contributed by atoms with Crippen LogP contribution in [0.25, 0.3) is 5.69 Å². The highest BCUT2D eigenvalue weighted by molar-refractivity contribution is 5.92. The van der Waals surface area contributed by atoms with E-state index in [1.54, 1.807) is 10.9 Å². The molecule has 0 unspecified atom stereocenters. The number of nitrogens with zero attached hydrogens (tertiary/aromatic N) is 4. The molecular formula is C17H22N4O2. The molecule has 1 aliphatic carbocycles. The standard InChI is InChI=1S/C17H22N4O2/c1-13-4-6-15(7-5-13)21-12-16(18-19-21)17(23)20(14-8-9-14)10-2-3-11-22/h4-7,12,14,22H,2-3,8-11H2,1H3. The van der Waals surface area contributed by atoms with Gasteiger partial charge in [0.25, 0.3) is 5.91 Å². The van der Waals surface area contributed by atoms with Gasteiger partial charge < -0.3 is 10.0 Å². The molecule has 3 rings (SSSR count). The van der Waals surface area contributed by atoms with Gasteiger partial charge in [0, 0.05) is 19.2 Å². The average Bonchev–Trinajstić information content (AvgIpc) is 3.27. The Morgan fingerprint density at radius 1 is 1.30 bits per heavy atom. The number of hydrogen-bond acceptors (Lipinski definition) is 4. The van der Waals surface area contributed by atoms with Crippen LogP contribution in [0.3, 0.4) is 0 Å². The summed E-state index contributed by atoms with van der Waals surface area (Å²) >= 11 is 0. The molecule has 122 valence electrons. The van der Waals surface area contributed by atoms with Gasteiger partial charge in [-0.1, -0.05) is 22.9 Å². The van der Waals surface area contributed by atoms with Gasteiger partial charge >= 0.3 is 0 Å². The molecule has 0 bridgehead atoms. The zero-order valence-corrected chi connectivity index (χ0v) is 13.4. The minimum atomic E-state index is -0.0659.